The van der Waals surface area contributed by atoms with Crippen LogP contribution in [0.5, 0.6) is 0 Å². The van der Waals surface area contributed by atoms with Crippen LogP contribution in [0.25, 0.3) is 0 Å². The SMILES string of the molecule is C=CCCCCCC(CCCC)C1=CCCC1. The molecule has 0 saturated heterocycles. The third-order valence-electron chi connectivity index (χ3n) is 3.97. The monoisotopic (exact) mass is 234 g/mol. The Morgan fingerprint density at radius 1 is 1.24 bits per heavy atom. The van der Waals surface area contributed by atoms with Gasteiger partial charge in [-0.15, -0.1) is 6.58 Å². The Morgan fingerprint density at radius 3 is 2.71 bits per heavy atom. The van der Waals surface area contributed by atoms with Gasteiger partial charge in [-0.2, -0.15) is 0 Å². The molecule has 0 nitrogen and oxygen atoms in total. The zero-order chi connectivity index (χ0) is 12.3. The highest BCUT2D eigenvalue weighted by atomic mass is 14.2. The average Bonchev–Trinajstić information content (AvgIpc) is 2.86. The van der Waals surface area contributed by atoms with Crippen LogP contribution in [0.15, 0.2) is 24.3 Å². The van der Waals surface area contributed by atoms with E-state index < -0.39 is 0 Å². The van der Waals surface area contributed by atoms with E-state index in [-0.39, 0.29) is 0 Å². The number of hydrogen-bond acceptors (Lipinski definition) is 0. The minimum absolute atomic E-state index is 0.918. The molecule has 0 heteroatoms. The fourth-order valence-electron chi connectivity index (χ4n) is 2.89. The predicted molar refractivity (Wildman–Crippen MR) is 78.2 cm³/mol. The van der Waals surface area contributed by atoms with Crippen molar-refractivity contribution >= 4 is 0 Å². The molecule has 1 aliphatic carbocycles. The number of unbranched alkanes of at least 4 members (excludes halogenated alkanes) is 4. The predicted octanol–water partition coefficient (Wildman–Crippen LogP) is 6.04. The Morgan fingerprint density at radius 2 is 2.06 bits per heavy atom. The van der Waals surface area contributed by atoms with Crippen LogP contribution in [-0.4, -0.2) is 0 Å². The van der Waals surface area contributed by atoms with Crippen molar-refractivity contribution in [2.75, 3.05) is 0 Å². The van der Waals surface area contributed by atoms with E-state index in [1.54, 1.807) is 5.57 Å². The van der Waals surface area contributed by atoms with E-state index in [2.05, 4.69) is 19.6 Å². The number of rotatable bonds is 10. The molecule has 0 aromatic carbocycles. The molecule has 0 bridgehead atoms. The summed E-state index contributed by atoms with van der Waals surface area (Å²) in [5.41, 5.74) is 1.79. The lowest BCUT2D eigenvalue weighted by molar-refractivity contribution is 0.458. The van der Waals surface area contributed by atoms with E-state index in [1.807, 2.05) is 6.08 Å². The first-order valence-electron chi connectivity index (χ1n) is 7.68. The summed E-state index contributed by atoms with van der Waals surface area (Å²) in [6.45, 7) is 6.10. The highest BCUT2D eigenvalue weighted by Gasteiger charge is 2.16. The molecule has 0 radical (unpaired) electrons. The van der Waals surface area contributed by atoms with Gasteiger partial charge in [-0.1, -0.05) is 50.3 Å². The van der Waals surface area contributed by atoms with Gasteiger partial charge in [0.2, 0.25) is 0 Å². The normalized spacial score (nSPS) is 16.9. The van der Waals surface area contributed by atoms with Gasteiger partial charge in [-0.25, -0.2) is 0 Å². The molecule has 0 aliphatic heterocycles. The first kappa shape index (κ1) is 14.5. The van der Waals surface area contributed by atoms with Gasteiger partial charge in [0.1, 0.15) is 0 Å². The van der Waals surface area contributed by atoms with E-state index in [9.17, 15) is 0 Å². The summed E-state index contributed by atoms with van der Waals surface area (Å²) in [7, 11) is 0. The molecule has 0 aromatic rings. The maximum Gasteiger partial charge on any atom is -0.0203 e. The topological polar surface area (TPSA) is 0 Å². The first-order valence-corrected chi connectivity index (χ1v) is 7.68. The number of allylic oxidation sites excluding steroid dienone is 3. The maximum atomic E-state index is 3.79. The van der Waals surface area contributed by atoms with Crippen molar-refractivity contribution in [3.8, 4) is 0 Å². The second-order valence-corrected chi connectivity index (χ2v) is 5.44. The van der Waals surface area contributed by atoms with Gasteiger partial charge in [-0.3, -0.25) is 0 Å². The van der Waals surface area contributed by atoms with E-state index in [0.717, 1.165) is 5.92 Å². The minimum Gasteiger partial charge on any atom is -0.103 e. The summed E-state index contributed by atoms with van der Waals surface area (Å²) >= 11 is 0. The van der Waals surface area contributed by atoms with Gasteiger partial charge in [0.25, 0.3) is 0 Å². The smallest absolute Gasteiger partial charge is 0.0203 e. The van der Waals surface area contributed by atoms with Crippen molar-refractivity contribution in [3.05, 3.63) is 24.3 Å². The van der Waals surface area contributed by atoms with Gasteiger partial charge < -0.3 is 0 Å². The zero-order valence-corrected chi connectivity index (χ0v) is 11.7. The molecular weight excluding hydrogens is 204 g/mol. The molecule has 0 N–H and O–H groups in total. The highest BCUT2D eigenvalue weighted by Crippen LogP contribution is 2.32. The van der Waals surface area contributed by atoms with Gasteiger partial charge in [0.05, 0.1) is 0 Å². The highest BCUT2D eigenvalue weighted by molar-refractivity contribution is 5.11. The standard InChI is InChI=1S/C17H30/c1-3-5-7-8-9-13-16(12-6-4-2)17-14-10-11-15-17/h3,14,16H,1,4-13,15H2,2H3. The van der Waals surface area contributed by atoms with Crippen LogP contribution in [-0.2, 0) is 0 Å². The first-order chi connectivity index (χ1) is 8.38. The average molecular weight is 234 g/mol. The van der Waals surface area contributed by atoms with Crippen LogP contribution in [0.1, 0.15) is 77.6 Å². The van der Waals surface area contributed by atoms with E-state index >= 15 is 0 Å². The van der Waals surface area contributed by atoms with Crippen LogP contribution in [0.3, 0.4) is 0 Å². The van der Waals surface area contributed by atoms with Gasteiger partial charge in [0, 0.05) is 0 Å². The van der Waals surface area contributed by atoms with Crippen LogP contribution in [0, 0.1) is 5.92 Å². The molecule has 98 valence electrons. The fourth-order valence-corrected chi connectivity index (χ4v) is 2.89. The Bertz CT molecular complexity index is 224. The summed E-state index contributed by atoms with van der Waals surface area (Å²) in [4.78, 5) is 0. The van der Waals surface area contributed by atoms with Crippen molar-refractivity contribution in [1.29, 1.82) is 0 Å². The molecule has 1 atom stereocenters. The quantitative estimate of drug-likeness (QED) is 0.319. The third-order valence-corrected chi connectivity index (χ3v) is 3.97. The molecule has 0 aromatic heterocycles. The molecule has 0 amide bonds. The van der Waals surface area contributed by atoms with Crippen LogP contribution in [0.2, 0.25) is 0 Å². The van der Waals surface area contributed by atoms with E-state index in [4.69, 9.17) is 0 Å². The summed E-state index contributed by atoms with van der Waals surface area (Å²) in [5.74, 6) is 0.918. The minimum atomic E-state index is 0.918. The Balaban J connectivity index is 2.22. The largest absolute Gasteiger partial charge is 0.103 e. The lowest BCUT2D eigenvalue weighted by atomic mass is 9.88. The summed E-state index contributed by atoms with van der Waals surface area (Å²) in [6.07, 6.45) is 19.7. The Labute approximate surface area is 108 Å². The second kappa shape index (κ2) is 9.50. The van der Waals surface area contributed by atoms with Crippen LogP contribution in [0.4, 0.5) is 0 Å². The Hall–Kier alpha value is -0.520. The lowest BCUT2D eigenvalue weighted by Gasteiger charge is -2.18. The number of hydrogen-bond donors (Lipinski definition) is 0. The molecule has 1 unspecified atom stereocenters. The van der Waals surface area contributed by atoms with Gasteiger partial charge in [-0.05, 0) is 50.9 Å². The molecule has 17 heavy (non-hydrogen) atoms. The fraction of sp³-hybridized carbons (Fsp3) is 0.765. The second-order valence-electron chi connectivity index (χ2n) is 5.44. The summed E-state index contributed by atoms with van der Waals surface area (Å²) < 4.78 is 0. The van der Waals surface area contributed by atoms with Crippen LogP contribution >= 0.6 is 0 Å². The van der Waals surface area contributed by atoms with Crippen molar-refractivity contribution < 1.29 is 0 Å². The Kier molecular flexibility index (Phi) is 8.13. The molecule has 1 rings (SSSR count). The van der Waals surface area contributed by atoms with Crippen molar-refractivity contribution in [2.45, 2.75) is 77.6 Å². The summed E-state index contributed by atoms with van der Waals surface area (Å²) in [5, 5.41) is 0. The van der Waals surface area contributed by atoms with Crippen molar-refractivity contribution in [2.24, 2.45) is 5.92 Å². The van der Waals surface area contributed by atoms with Crippen molar-refractivity contribution in [3.63, 3.8) is 0 Å². The zero-order valence-electron chi connectivity index (χ0n) is 11.7. The lowest BCUT2D eigenvalue weighted by Crippen LogP contribution is -2.03. The molecule has 1 aliphatic rings. The molecular formula is C17H30. The van der Waals surface area contributed by atoms with Gasteiger partial charge in [0.15, 0.2) is 0 Å². The molecule has 0 heterocycles. The van der Waals surface area contributed by atoms with E-state index in [1.165, 1.54) is 70.6 Å². The van der Waals surface area contributed by atoms with Gasteiger partial charge >= 0.3 is 0 Å². The molecule has 0 fully saturated rings. The molecule has 0 saturated carbocycles. The van der Waals surface area contributed by atoms with E-state index in [0.29, 0.717) is 0 Å². The summed E-state index contributed by atoms with van der Waals surface area (Å²) in [6, 6.07) is 0. The van der Waals surface area contributed by atoms with Crippen LogP contribution < -0.4 is 0 Å². The maximum absolute atomic E-state index is 3.79. The molecule has 0 spiro atoms. The third kappa shape index (κ3) is 6.10. The van der Waals surface area contributed by atoms with Crippen molar-refractivity contribution in [1.82, 2.24) is 0 Å².